The molecule has 0 radical (unpaired) electrons. The Hall–Kier alpha value is -1.59. The van der Waals surface area contributed by atoms with Crippen LogP contribution >= 0.6 is 11.6 Å². The van der Waals surface area contributed by atoms with Crippen LogP contribution in [0.1, 0.15) is 18.5 Å². The Morgan fingerprint density at radius 3 is 2.21 bits per heavy atom. The normalized spacial score (nSPS) is 30.2. The zero-order valence-corrected chi connectivity index (χ0v) is 11.0. The lowest BCUT2D eigenvalue weighted by molar-refractivity contribution is -0.144. The topological polar surface area (TPSA) is 86.6 Å². The molecule has 0 saturated carbocycles. The zero-order chi connectivity index (χ0) is 14.2. The van der Waals surface area contributed by atoms with Gasteiger partial charge in [-0.15, -0.1) is 0 Å². The van der Waals surface area contributed by atoms with E-state index >= 15 is 0 Å². The van der Waals surface area contributed by atoms with E-state index in [9.17, 15) is 14.7 Å². The maximum Gasteiger partial charge on any atom is 0.321 e. The highest BCUT2D eigenvalue weighted by atomic mass is 35.5. The second kappa shape index (κ2) is 5.19. The number of halogens is 1. The number of carboxylic acid groups (broad SMARTS) is 2. The largest absolute Gasteiger partial charge is 0.481 e. The summed E-state index contributed by atoms with van der Waals surface area (Å²) in [6.45, 7) is 1.64. The molecule has 0 unspecified atom stereocenters. The van der Waals surface area contributed by atoms with Gasteiger partial charge in [0.25, 0.3) is 0 Å². The minimum absolute atomic E-state index is 0.490. The molecule has 0 bridgehead atoms. The molecule has 5 nitrogen and oxygen atoms in total. The van der Waals surface area contributed by atoms with Gasteiger partial charge in [0.1, 0.15) is 6.04 Å². The number of nitrogens with one attached hydrogen (secondary N) is 1. The summed E-state index contributed by atoms with van der Waals surface area (Å²) >= 11 is 5.79. The molecule has 6 heteroatoms. The fraction of sp³-hybridized carbons (Fsp3) is 0.385. The van der Waals surface area contributed by atoms with Gasteiger partial charge in [0, 0.05) is 11.1 Å². The summed E-state index contributed by atoms with van der Waals surface area (Å²) < 4.78 is 0. The van der Waals surface area contributed by atoms with Gasteiger partial charge >= 0.3 is 11.9 Å². The lowest BCUT2D eigenvalue weighted by Crippen LogP contribution is -2.35. The van der Waals surface area contributed by atoms with E-state index in [0.717, 1.165) is 5.56 Å². The number of aliphatic carboxylic acids is 2. The van der Waals surface area contributed by atoms with Crippen LogP contribution in [-0.4, -0.2) is 28.2 Å². The Morgan fingerprint density at radius 2 is 1.74 bits per heavy atom. The van der Waals surface area contributed by atoms with E-state index in [1.165, 1.54) is 0 Å². The summed E-state index contributed by atoms with van der Waals surface area (Å²) in [7, 11) is 0. The summed E-state index contributed by atoms with van der Waals surface area (Å²) in [6.07, 6.45) is 0. The van der Waals surface area contributed by atoms with Crippen LogP contribution in [0.5, 0.6) is 0 Å². The first-order chi connectivity index (χ1) is 8.91. The number of hydrogen-bond donors (Lipinski definition) is 3. The van der Waals surface area contributed by atoms with Crippen molar-refractivity contribution >= 4 is 23.5 Å². The summed E-state index contributed by atoms with van der Waals surface area (Å²) in [6, 6.07) is 5.37. The van der Waals surface area contributed by atoms with E-state index in [4.69, 9.17) is 16.7 Å². The average molecular weight is 284 g/mol. The van der Waals surface area contributed by atoms with Crippen LogP contribution in [-0.2, 0) is 9.59 Å². The Morgan fingerprint density at radius 1 is 1.16 bits per heavy atom. The predicted molar refractivity (Wildman–Crippen MR) is 69.0 cm³/mol. The van der Waals surface area contributed by atoms with Crippen LogP contribution in [0.4, 0.5) is 0 Å². The fourth-order valence-corrected chi connectivity index (χ4v) is 2.72. The molecule has 0 aromatic heterocycles. The minimum atomic E-state index is -1.03. The Labute approximate surface area is 115 Å². The van der Waals surface area contributed by atoms with Gasteiger partial charge in [0.2, 0.25) is 0 Å². The van der Waals surface area contributed by atoms with Crippen molar-refractivity contribution in [2.75, 3.05) is 0 Å². The molecule has 0 aliphatic carbocycles. The van der Waals surface area contributed by atoms with Crippen molar-refractivity contribution in [2.24, 2.45) is 11.8 Å². The summed E-state index contributed by atoms with van der Waals surface area (Å²) in [5, 5.41) is 21.9. The quantitative estimate of drug-likeness (QED) is 0.787. The zero-order valence-electron chi connectivity index (χ0n) is 10.2. The van der Waals surface area contributed by atoms with Crippen LogP contribution in [0.3, 0.4) is 0 Å². The maximum atomic E-state index is 11.4. The van der Waals surface area contributed by atoms with Crippen LogP contribution in [0, 0.1) is 11.8 Å². The van der Waals surface area contributed by atoms with Crippen LogP contribution < -0.4 is 5.32 Å². The van der Waals surface area contributed by atoms with Gasteiger partial charge in [0.05, 0.1) is 5.92 Å². The highest BCUT2D eigenvalue weighted by Gasteiger charge is 2.47. The predicted octanol–water partition coefficient (Wildman–Crippen LogP) is 1.77. The molecule has 0 amide bonds. The van der Waals surface area contributed by atoms with Crippen LogP contribution in [0.2, 0.25) is 5.02 Å². The van der Waals surface area contributed by atoms with Gasteiger partial charge in [-0.3, -0.25) is 14.9 Å². The molecule has 3 N–H and O–H groups in total. The third-order valence-corrected chi connectivity index (χ3v) is 3.84. The highest BCUT2D eigenvalue weighted by Crippen LogP contribution is 2.37. The van der Waals surface area contributed by atoms with Crippen molar-refractivity contribution in [3.63, 3.8) is 0 Å². The van der Waals surface area contributed by atoms with Gasteiger partial charge in [-0.25, -0.2) is 0 Å². The van der Waals surface area contributed by atoms with E-state index in [1.54, 1.807) is 31.2 Å². The van der Waals surface area contributed by atoms with Crippen LogP contribution in [0.25, 0.3) is 0 Å². The maximum absolute atomic E-state index is 11.4. The molecule has 1 saturated heterocycles. The van der Waals surface area contributed by atoms with Gasteiger partial charge in [-0.05, 0) is 23.6 Å². The fourth-order valence-electron chi connectivity index (χ4n) is 2.60. The van der Waals surface area contributed by atoms with E-state index in [-0.39, 0.29) is 0 Å². The van der Waals surface area contributed by atoms with Crippen molar-refractivity contribution in [2.45, 2.75) is 19.0 Å². The van der Waals surface area contributed by atoms with E-state index in [2.05, 4.69) is 5.32 Å². The van der Waals surface area contributed by atoms with Gasteiger partial charge in [-0.2, -0.15) is 0 Å². The second-order valence-corrected chi connectivity index (χ2v) is 5.17. The third kappa shape index (κ3) is 2.57. The number of carboxylic acids is 2. The van der Waals surface area contributed by atoms with Gasteiger partial charge in [0.15, 0.2) is 0 Å². The van der Waals surface area contributed by atoms with Crippen molar-refractivity contribution in [1.29, 1.82) is 0 Å². The van der Waals surface area contributed by atoms with Gasteiger partial charge < -0.3 is 10.2 Å². The van der Waals surface area contributed by atoms with Crippen molar-refractivity contribution < 1.29 is 19.8 Å². The molecule has 1 aliphatic rings. The second-order valence-electron chi connectivity index (χ2n) is 4.73. The molecule has 2 rings (SSSR count). The monoisotopic (exact) mass is 283 g/mol. The van der Waals surface area contributed by atoms with Crippen LogP contribution in [0.15, 0.2) is 24.3 Å². The average Bonchev–Trinajstić information content (AvgIpc) is 2.68. The lowest BCUT2D eigenvalue weighted by Gasteiger charge is -2.18. The minimum Gasteiger partial charge on any atom is -0.481 e. The van der Waals surface area contributed by atoms with Crippen molar-refractivity contribution in [3.05, 3.63) is 34.9 Å². The Bertz CT molecular complexity index is 502. The molecular formula is C13H14ClNO4. The first kappa shape index (κ1) is 13.8. The Kier molecular flexibility index (Phi) is 3.78. The lowest BCUT2D eigenvalue weighted by atomic mass is 9.86. The molecule has 19 heavy (non-hydrogen) atoms. The summed E-state index contributed by atoms with van der Waals surface area (Å²) in [5.74, 6) is -3.29. The number of carbonyl (C=O) groups is 2. The number of hydrogen-bond acceptors (Lipinski definition) is 3. The molecule has 4 atom stereocenters. The van der Waals surface area contributed by atoms with E-state index in [0.29, 0.717) is 5.02 Å². The van der Waals surface area contributed by atoms with Gasteiger partial charge in [-0.1, -0.05) is 30.7 Å². The summed E-state index contributed by atoms with van der Waals surface area (Å²) in [5.41, 5.74) is 0.729. The van der Waals surface area contributed by atoms with E-state index in [1.807, 2.05) is 0 Å². The molecular weight excluding hydrogens is 270 g/mol. The molecule has 0 spiro atoms. The molecule has 1 fully saturated rings. The smallest absolute Gasteiger partial charge is 0.321 e. The highest BCUT2D eigenvalue weighted by molar-refractivity contribution is 6.30. The standard InChI is InChI=1S/C13H14ClNO4/c1-6-9(12(16)17)11(15-10(6)13(18)19)7-2-4-8(14)5-3-7/h2-6,9-11,15H,1H3,(H,16,17)(H,18,19)/t6-,9+,10+,11+/m1/s1. The molecule has 1 heterocycles. The SMILES string of the molecule is C[C@@H]1[C@H](C(=O)O)[C@H](c2ccc(Cl)cc2)N[C@@H]1C(=O)O. The number of rotatable bonds is 3. The summed E-state index contributed by atoms with van der Waals surface area (Å²) in [4.78, 5) is 22.5. The van der Waals surface area contributed by atoms with Crippen molar-refractivity contribution in [3.8, 4) is 0 Å². The molecule has 1 aliphatic heterocycles. The molecule has 102 valence electrons. The molecule has 1 aromatic carbocycles. The van der Waals surface area contributed by atoms with Crippen molar-refractivity contribution in [1.82, 2.24) is 5.32 Å². The Balaban J connectivity index is 2.35. The first-order valence-electron chi connectivity index (χ1n) is 5.89. The first-order valence-corrected chi connectivity index (χ1v) is 6.26. The third-order valence-electron chi connectivity index (χ3n) is 3.59. The number of benzene rings is 1. The molecule has 1 aromatic rings. The van der Waals surface area contributed by atoms with E-state index < -0.39 is 35.9 Å².